The molecule has 0 aliphatic heterocycles. The van der Waals surface area contributed by atoms with Crippen molar-refractivity contribution in [2.24, 2.45) is 5.73 Å². The van der Waals surface area contributed by atoms with Crippen LogP contribution < -0.4 is 15.8 Å². The number of benzene rings is 2. The number of amides is 1. The van der Waals surface area contributed by atoms with Crippen LogP contribution in [0.25, 0.3) is 0 Å². The Balaban J connectivity index is 0.00000264. The molecule has 2 aromatic rings. The lowest BCUT2D eigenvalue weighted by Gasteiger charge is -2.19. The number of ether oxygens (including phenoxy) is 1. The van der Waals surface area contributed by atoms with Crippen molar-refractivity contribution in [3.8, 4) is 5.75 Å². The molecule has 0 aliphatic carbocycles. The summed E-state index contributed by atoms with van der Waals surface area (Å²) in [6.45, 7) is 2.46. The molecule has 0 aromatic heterocycles. The van der Waals surface area contributed by atoms with Crippen LogP contribution in [0.15, 0.2) is 60.7 Å². The summed E-state index contributed by atoms with van der Waals surface area (Å²) in [4.78, 5) is 12.5. The Labute approximate surface area is 143 Å². The van der Waals surface area contributed by atoms with Crippen LogP contribution in [0, 0.1) is 0 Å². The van der Waals surface area contributed by atoms with Crippen molar-refractivity contribution in [3.05, 3.63) is 66.2 Å². The van der Waals surface area contributed by atoms with Crippen LogP contribution in [0.1, 0.15) is 25.0 Å². The van der Waals surface area contributed by atoms with Gasteiger partial charge in [0, 0.05) is 18.2 Å². The molecule has 0 radical (unpaired) electrons. The van der Waals surface area contributed by atoms with Gasteiger partial charge in [-0.25, -0.2) is 0 Å². The Morgan fingerprint density at radius 1 is 1.09 bits per heavy atom. The highest BCUT2D eigenvalue weighted by atomic mass is 35.5. The van der Waals surface area contributed by atoms with Crippen LogP contribution in [0.2, 0.25) is 0 Å². The molecule has 0 saturated carbocycles. The number of carbonyl (C=O) groups excluding carboxylic acids is 1. The number of nitrogens with two attached hydrogens (primary N) is 1. The molecular weight excluding hydrogens is 312 g/mol. The normalized spacial score (nSPS) is 12.6. The molecule has 23 heavy (non-hydrogen) atoms. The molecule has 2 rings (SSSR count). The highest BCUT2D eigenvalue weighted by Crippen LogP contribution is 2.21. The lowest BCUT2D eigenvalue weighted by Crippen LogP contribution is -2.35. The van der Waals surface area contributed by atoms with Gasteiger partial charge in [0.1, 0.15) is 5.75 Å². The fourth-order valence-corrected chi connectivity index (χ4v) is 2.05. The molecule has 2 atom stereocenters. The molecule has 2 aromatic carbocycles. The first-order valence-corrected chi connectivity index (χ1v) is 7.47. The molecular formula is C18H23ClN2O2. The maximum Gasteiger partial charge on any atom is 0.265 e. The lowest BCUT2D eigenvalue weighted by atomic mass is 10.1. The molecule has 3 N–H and O–H groups in total. The van der Waals surface area contributed by atoms with Crippen LogP contribution in [0.4, 0.5) is 0 Å². The second-order valence-electron chi connectivity index (χ2n) is 5.28. The van der Waals surface area contributed by atoms with Gasteiger partial charge in [-0.05, 0) is 25.5 Å². The average molecular weight is 335 g/mol. The summed E-state index contributed by atoms with van der Waals surface area (Å²) in [7, 11) is 0. The first kappa shape index (κ1) is 19.0. The van der Waals surface area contributed by atoms with Gasteiger partial charge in [-0.15, -0.1) is 12.4 Å². The molecule has 0 bridgehead atoms. The van der Waals surface area contributed by atoms with E-state index < -0.39 is 6.10 Å². The predicted molar refractivity (Wildman–Crippen MR) is 94.8 cm³/mol. The Morgan fingerprint density at radius 2 is 1.65 bits per heavy atom. The molecule has 0 aliphatic rings. The van der Waals surface area contributed by atoms with Gasteiger partial charge in [0.05, 0.1) is 0 Å². The molecule has 0 spiro atoms. The summed E-state index contributed by atoms with van der Waals surface area (Å²) in [5.74, 6) is 0.509. The van der Waals surface area contributed by atoms with E-state index in [0.717, 1.165) is 12.0 Å². The number of para-hydroxylation sites is 1. The fourth-order valence-electron chi connectivity index (χ4n) is 2.05. The Hall–Kier alpha value is -2.04. The van der Waals surface area contributed by atoms with E-state index in [1.165, 1.54) is 0 Å². The summed E-state index contributed by atoms with van der Waals surface area (Å²) < 4.78 is 5.88. The zero-order valence-corrected chi connectivity index (χ0v) is 14.0. The second kappa shape index (κ2) is 9.87. The van der Waals surface area contributed by atoms with E-state index in [-0.39, 0.29) is 24.4 Å². The maximum atomic E-state index is 12.5. The van der Waals surface area contributed by atoms with E-state index in [1.807, 2.05) is 67.6 Å². The second-order valence-corrected chi connectivity index (χ2v) is 5.28. The summed E-state index contributed by atoms with van der Waals surface area (Å²) in [5, 5.41) is 2.89. The Morgan fingerprint density at radius 3 is 2.22 bits per heavy atom. The molecule has 124 valence electrons. The molecule has 0 fully saturated rings. The number of rotatable bonds is 7. The summed E-state index contributed by atoms with van der Waals surface area (Å²) in [6, 6.07) is 18.9. The van der Waals surface area contributed by atoms with Crippen molar-refractivity contribution < 1.29 is 9.53 Å². The van der Waals surface area contributed by atoms with Crippen LogP contribution >= 0.6 is 12.4 Å². The Bertz CT molecular complexity index is 576. The van der Waals surface area contributed by atoms with E-state index in [9.17, 15) is 4.79 Å². The van der Waals surface area contributed by atoms with E-state index in [1.54, 1.807) is 0 Å². The largest absolute Gasteiger partial charge is 0.476 e. The highest BCUT2D eigenvalue weighted by molar-refractivity contribution is 5.85. The average Bonchev–Trinajstić information content (AvgIpc) is 2.54. The summed E-state index contributed by atoms with van der Waals surface area (Å²) in [6.07, 6.45) is 0.0650. The first-order valence-electron chi connectivity index (χ1n) is 7.47. The SMILES string of the molecule is CC(N)CCNC(=O)C(Oc1ccccc1)c1ccccc1.Cl. The monoisotopic (exact) mass is 334 g/mol. The van der Waals surface area contributed by atoms with Crippen molar-refractivity contribution in [3.63, 3.8) is 0 Å². The third-order valence-corrected chi connectivity index (χ3v) is 3.24. The van der Waals surface area contributed by atoms with E-state index in [0.29, 0.717) is 12.3 Å². The quantitative estimate of drug-likeness (QED) is 0.817. The molecule has 4 nitrogen and oxygen atoms in total. The zero-order chi connectivity index (χ0) is 15.8. The van der Waals surface area contributed by atoms with E-state index >= 15 is 0 Å². The fraction of sp³-hybridized carbons (Fsp3) is 0.278. The number of hydrogen-bond acceptors (Lipinski definition) is 3. The van der Waals surface area contributed by atoms with Gasteiger partial charge in [0.2, 0.25) is 6.10 Å². The minimum atomic E-state index is -0.670. The van der Waals surface area contributed by atoms with E-state index in [4.69, 9.17) is 10.5 Å². The van der Waals surface area contributed by atoms with Crippen molar-refractivity contribution in [2.75, 3.05) is 6.54 Å². The number of carbonyl (C=O) groups is 1. The smallest absolute Gasteiger partial charge is 0.265 e. The van der Waals surface area contributed by atoms with Crippen LogP contribution in [0.3, 0.4) is 0 Å². The molecule has 1 amide bonds. The van der Waals surface area contributed by atoms with Crippen molar-refractivity contribution >= 4 is 18.3 Å². The molecule has 5 heteroatoms. The van der Waals surface area contributed by atoms with Gasteiger partial charge in [-0.2, -0.15) is 0 Å². The topological polar surface area (TPSA) is 64.3 Å². The predicted octanol–water partition coefficient (Wildman–Crippen LogP) is 3.08. The third kappa shape index (κ3) is 6.30. The minimum Gasteiger partial charge on any atom is -0.476 e. The molecule has 0 saturated heterocycles. The van der Waals surface area contributed by atoms with Crippen LogP contribution in [-0.2, 0) is 4.79 Å². The minimum absolute atomic E-state index is 0. The molecule has 2 unspecified atom stereocenters. The number of halogens is 1. The van der Waals surface area contributed by atoms with E-state index in [2.05, 4.69) is 5.32 Å². The lowest BCUT2D eigenvalue weighted by molar-refractivity contribution is -0.128. The third-order valence-electron chi connectivity index (χ3n) is 3.24. The first-order chi connectivity index (χ1) is 10.7. The summed E-state index contributed by atoms with van der Waals surface area (Å²) >= 11 is 0. The van der Waals surface area contributed by atoms with Gasteiger partial charge in [-0.3, -0.25) is 4.79 Å². The maximum absolute atomic E-state index is 12.5. The zero-order valence-electron chi connectivity index (χ0n) is 13.1. The van der Waals surface area contributed by atoms with Gasteiger partial charge >= 0.3 is 0 Å². The Kier molecular flexibility index (Phi) is 8.16. The van der Waals surface area contributed by atoms with Gasteiger partial charge in [0.15, 0.2) is 0 Å². The standard InChI is InChI=1S/C18H22N2O2.ClH/c1-14(19)12-13-20-18(21)17(15-8-4-2-5-9-15)22-16-10-6-3-7-11-16;/h2-11,14,17H,12-13,19H2,1H3,(H,20,21);1H. The number of hydrogen-bond donors (Lipinski definition) is 2. The summed E-state index contributed by atoms with van der Waals surface area (Å²) in [5.41, 5.74) is 6.53. The van der Waals surface area contributed by atoms with Crippen LogP contribution in [0.5, 0.6) is 5.75 Å². The highest BCUT2D eigenvalue weighted by Gasteiger charge is 2.22. The van der Waals surface area contributed by atoms with Crippen molar-refractivity contribution in [1.29, 1.82) is 0 Å². The van der Waals surface area contributed by atoms with Crippen LogP contribution in [-0.4, -0.2) is 18.5 Å². The van der Waals surface area contributed by atoms with Crippen molar-refractivity contribution in [1.82, 2.24) is 5.32 Å². The van der Waals surface area contributed by atoms with Gasteiger partial charge in [0.25, 0.3) is 5.91 Å². The molecule has 0 heterocycles. The number of nitrogens with one attached hydrogen (secondary N) is 1. The van der Waals surface area contributed by atoms with Gasteiger partial charge in [-0.1, -0.05) is 48.5 Å². The van der Waals surface area contributed by atoms with Gasteiger partial charge < -0.3 is 15.8 Å². The van der Waals surface area contributed by atoms with Crippen molar-refractivity contribution in [2.45, 2.75) is 25.5 Å².